The molecule has 2 aromatic heterocycles. The molecule has 3 rings (SSSR count). The number of nitrogens with one attached hydrogen (secondary N) is 1. The van der Waals surface area contributed by atoms with Crippen LogP contribution in [0.2, 0.25) is 0 Å². The van der Waals surface area contributed by atoms with Crippen molar-refractivity contribution in [2.75, 3.05) is 13.7 Å². The minimum absolute atomic E-state index is 0.131. The Morgan fingerprint density at radius 2 is 2.04 bits per heavy atom. The smallest absolute Gasteiger partial charge is 0.252 e. The van der Waals surface area contributed by atoms with Crippen LogP contribution in [0.1, 0.15) is 15.9 Å². The van der Waals surface area contributed by atoms with Gasteiger partial charge in [0.25, 0.3) is 5.91 Å². The second-order valence-electron chi connectivity index (χ2n) is 5.23. The topological polar surface area (TPSA) is 69.0 Å². The average molecular weight is 322 g/mol. The summed E-state index contributed by atoms with van der Waals surface area (Å²) in [6.45, 7) is 0.564. The lowest BCUT2D eigenvalue weighted by molar-refractivity contribution is 0.0954. The Kier molecular flexibility index (Phi) is 4.86. The van der Waals surface area contributed by atoms with Crippen molar-refractivity contribution >= 4 is 5.91 Å². The molecule has 1 aromatic carbocycles. The van der Waals surface area contributed by atoms with Crippen LogP contribution in [0.25, 0.3) is 5.82 Å². The van der Waals surface area contributed by atoms with Crippen LogP contribution < -0.4 is 10.1 Å². The molecule has 0 saturated heterocycles. The van der Waals surface area contributed by atoms with E-state index in [0.717, 1.165) is 23.6 Å². The molecule has 122 valence electrons. The fourth-order valence-corrected chi connectivity index (χ4v) is 2.28. The molecule has 0 saturated carbocycles. The lowest BCUT2D eigenvalue weighted by atomic mass is 10.1. The molecule has 0 atom stereocenters. The van der Waals surface area contributed by atoms with E-state index in [-0.39, 0.29) is 5.91 Å². The summed E-state index contributed by atoms with van der Waals surface area (Å²) in [4.78, 5) is 20.4. The summed E-state index contributed by atoms with van der Waals surface area (Å²) in [5.74, 6) is 1.42. The lowest BCUT2D eigenvalue weighted by Gasteiger charge is -2.07. The molecular weight excluding hydrogens is 304 g/mol. The zero-order chi connectivity index (χ0) is 16.8. The summed E-state index contributed by atoms with van der Waals surface area (Å²) in [6.07, 6.45) is 7.48. The van der Waals surface area contributed by atoms with Gasteiger partial charge in [-0.15, -0.1) is 0 Å². The molecule has 2 heterocycles. The number of nitrogens with zero attached hydrogens (tertiary/aromatic N) is 3. The fourth-order valence-electron chi connectivity index (χ4n) is 2.28. The van der Waals surface area contributed by atoms with Gasteiger partial charge in [0.05, 0.1) is 12.7 Å². The molecule has 6 heteroatoms. The molecule has 24 heavy (non-hydrogen) atoms. The van der Waals surface area contributed by atoms with Crippen molar-refractivity contribution in [3.63, 3.8) is 0 Å². The third-order valence-electron chi connectivity index (χ3n) is 3.64. The van der Waals surface area contributed by atoms with Crippen molar-refractivity contribution < 1.29 is 9.53 Å². The van der Waals surface area contributed by atoms with Gasteiger partial charge in [0.2, 0.25) is 0 Å². The van der Waals surface area contributed by atoms with Crippen LogP contribution in [-0.4, -0.2) is 34.1 Å². The highest BCUT2D eigenvalue weighted by atomic mass is 16.5. The van der Waals surface area contributed by atoms with E-state index in [1.54, 1.807) is 48.7 Å². The maximum Gasteiger partial charge on any atom is 0.252 e. The Bertz CT molecular complexity index is 781. The van der Waals surface area contributed by atoms with E-state index in [0.29, 0.717) is 12.1 Å². The van der Waals surface area contributed by atoms with Crippen LogP contribution >= 0.6 is 0 Å². The molecule has 1 N–H and O–H groups in total. The van der Waals surface area contributed by atoms with Gasteiger partial charge in [0.1, 0.15) is 17.9 Å². The predicted molar refractivity (Wildman–Crippen MR) is 90.4 cm³/mol. The van der Waals surface area contributed by atoms with Gasteiger partial charge in [-0.3, -0.25) is 9.36 Å². The van der Waals surface area contributed by atoms with Crippen molar-refractivity contribution in [3.8, 4) is 11.6 Å². The van der Waals surface area contributed by atoms with E-state index in [2.05, 4.69) is 15.3 Å². The first-order valence-corrected chi connectivity index (χ1v) is 7.62. The molecule has 0 radical (unpaired) electrons. The van der Waals surface area contributed by atoms with Crippen LogP contribution in [-0.2, 0) is 6.42 Å². The van der Waals surface area contributed by atoms with E-state index in [1.807, 2.05) is 24.3 Å². The van der Waals surface area contributed by atoms with E-state index < -0.39 is 0 Å². The molecule has 1 amide bonds. The Labute approximate surface area is 140 Å². The van der Waals surface area contributed by atoms with Crippen molar-refractivity contribution in [1.29, 1.82) is 0 Å². The molecule has 0 bridgehead atoms. The SMILES string of the molecule is COc1ccc(CCNC(=O)c2ccc(-n3ccnc3)nc2)cc1. The number of pyridine rings is 1. The van der Waals surface area contributed by atoms with Gasteiger partial charge in [-0.05, 0) is 36.2 Å². The number of aromatic nitrogens is 3. The maximum atomic E-state index is 12.1. The number of carbonyl (C=O) groups is 1. The molecule has 0 unspecified atom stereocenters. The number of benzene rings is 1. The number of amides is 1. The van der Waals surface area contributed by atoms with Gasteiger partial charge in [0, 0.05) is 25.1 Å². The van der Waals surface area contributed by atoms with E-state index in [4.69, 9.17) is 4.74 Å². The standard InChI is InChI=1S/C18H18N4O2/c1-24-16-5-2-14(3-6-16)8-9-20-18(23)15-4-7-17(21-12-15)22-11-10-19-13-22/h2-7,10-13H,8-9H2,1H3,(H,20,23). The Hall–Kier alpha value is -3.15. The summed E-state index contributed by atoms with van der Waals surface area (Å²) >= 11 is 0. The molecule has 6 nitrogen and oxygen atoms in total. The molecule has 0 spiro atoms. The number of ether oxygens (including phenoxy) is 1. The second-order valence-corrected chi connectivity index (χ2v) is 5.23. The summed E-state index contributed by atoms with van der Waals surface area (Å²) in [6, 6.07) is 11.4. The summed E-state index contributed by atoms with van der Waals surface area (Å²) in [5.41, 5.74) is 1.68. The first-order valence-electron chi connectivity index (χ1n) is 7.62. The Balaban J connectivity index is 1.53. The quantitative estimate of drug-likeness (QED) is 0.756. The zero-order valence-corrected chi connectivity index (χ0v) is 13.3. The molecule has 0 aliphatic heterocycles. The number of methoxy groups -OCH3 is 1. The summed E-state index contributed by atoms with van der Waals surface area (Å²) < 4.78 is 6.91. The van der Waals surface area contributed by atoms with Crippen molar-refractivity contribution in [2.24, 2.45) is 0 Å². The van der Waals surface area contributed by atoms with E-state index in [1.165, 1.54) is 0 Å². The van der Waals surface area contributed by atoms with Gasteiger partial charge in [0.15, 0.2) is 0 Å². The normalized spacial score (nSPS) is 10.4. The summed E-state index contributed by atoms with van der Waals surface area (Å²) in [7, 11) is 1.64. The van der Waals surface area contributed by atoms with E-state index >= 15 is 0 Å². The van der Waals surface area contributed by atoms with Gasteiger partial charge in [-0.1, -0.05) is 12.1 Å². The monoisotopic (exact) mass is 322 g/mol. The zero-order valence-electron chi connectivity index (χ0n) is 13.3. The minimum Gasteiger partial charge on any atom is -0.497 e. The Morgan fingerprint density at radius 1 is 1.21 bits per heavy atom. The first-order chi connectivity index (χ1) is 11.8. The highest BCUT2D eigenvalue weighted by molar-refractivity contribution is 5.93. The van der Waals surface area contributed by atoms with Crippen LogP contribution in [0.5, 0.6) is 5.75 Å². The highest BCUT2D eigenvalue weighted by Crippen LogP contribution is 2.11. The van der Waals surface area contributed by atoms with Crippen molar-refractivity contribution in [3.05, 3.63) is 72.4 Å². The van der Waals surface area contributed by atoms with Crippen molar-refractivity contribution in [1.82, 2.24) is 19.9 Å². The number of rotatable bonds is 6. The molecule has 3 aromatic rings. The average Bonchev–Trinajstić information content (AvgIpc) is 3.17. The lowest BCUT2D eigenvalue weighted by Crippen LogP contribution is -2.25. The fraction of sp³-hybridized carbons (Fsp3) is 0.167. The van der Waals surface area contributed by atoms with Crippen molar-refractivity contribution in [2.45, 2.75) is 6.42 Å². The van der Waals surface area contributed by atoms with Gasteiger partial charge < -0.3 is 10.1 Å². The largest absolute Gasteiger partial charge is 0.497 e. The molecule has 0 aliphatic carbocycles. The second kappa shape index (κ2) is 7.41. The van der Waals surface area contributed by atoms with Gasteiger partial charge in [-0.25, -0.2) is 9.97 Å². The third-order valence-corrected chi connectivity index (χ3v) is 3.64. The molecular formula is C18H18N4O2. The van der Waals surface area contributed by atoms with Crippen LogP contribution in [0, 0.1) is 0 Å². The maximum absolute atomic E-state index is 12.1. The third kappa shape index (κ3) is 3.78. The number of imidazole rings is 1. The minimum atomic E-state index is -0.131. The first kappa shape index (κ1) is 15.7. The van der Waals surface area contributed by atoms with Gasteiger partial charge >= 0.3 is 0 Å². The Morgan fingerprint density at radius 3 is 2.67 bits per heavy atom. The number of hydrogen-bond acceptors (Lipinski definition) is 4. The molecule has 0 aliphatic rings. The predicted octanol–water partition coefficient (Wildman–Crippen LogP) is 2.25. The van der Waals surface area contributed by atoms with Crippen LogP contribution in [0.4, 0.5) is 0 Å². The number of carbonyl (C=O) groups excluding carboxylic acids is 1. The van der Waals surface area contributed by atoms with Crippen LogP contribution in [0.3, 0.4) is 0 Å². The highest BCUT2D eigenvalue weighted by Gasteiger charge is 2.06. The summed E-state index contributed by atoms with van der Waals surface area (Å²) in [5, 5.41) is 2.90. The van der Waals surface area contributed by atoms with Crippen LogP contribution in [0.15, 0.2) is 61.3 Å². The number of hydrogen-bond donors (Lipinski definition) is 1. The molecule has 0 fully saturated rings. The van der Waals surface area contributed by atoms with Gasteiger partial charge in [-0.2, -0.15) is 0 Å². The van der Waals surface area contributed by atoms with E-state index in [9.17, 15) is 4.79 Å².